The largest absolute Gasteiger partial charge is 0.493 e. The second-order valence-corrected chi connectivity index (χ2v) is 6.22. The number of benzene rings is 1. The number of ether oxygens (including phenoxy) is 1. The van der Waals surface area contributed by atoms with E-state index >= 15 is 0 Å². The van der Waals surface area contributed by atoms with Crippen LogP contribution in [0, 0.1) is 0 Å². The van der Waals surface area contributed by atoms with Crippen molar-refractivity contribution >= 4 is 33.6 Å². The van der Waals surface area contributed by atoms with Crippen LogP contribution in [0.15, 0.2) is 28.7 Å². The van der Waals surface area contributed by atoms with Gasteiger partial charge in [-0.3, -0.25) is 4.79 Å². The van der Waals surface area contributed by atoms with Crippen LogP contribution < -0.4 is 10.1 Å². The Labute approximate surface area is 120 Å². The highest BCUT2D eigenvalue weighted by molar-refractivity contribution is 9.10. The van der Waals surface area contributed by atoms with Gasteiger partial charge in [-0.1, -0.05) is 22.0 Å². The number of hydrogen-bond donors (Lipinski definition) is 1. The first-order valence-corrected chi connectivity index (χ1v) is 7.94. The summed E-state index contributed by atoms with van der Waals surface area (Å²) in [5.41, 5.74) is 0. The van der Waals surface area contributed by atoms with Crippen LogP contribution in [0.2, 0.25) is 0 Å². The minimum atomic E-state index is 0.143. The predicted molar refractivity (Wildman–Crippen MR) is 78.1 cm³/mol. The first-order valence-electron chi connectivity index (χ1n) is 5.99. The third-order valence-corrected chi connectivity index (χ3v) is 3.88. The number of amides is 1. The second-order valence-electron chi connectivity index (χ2n) is 4.20. The highest BCUT2D eigenvalue weighted by Crippen LogP contribution is 2.19. The van der Waals surface area contributed by atoms with Crippen molar-refractivity contribution in [2.24, 2.45) is 0 Å². The van der Waals surface area contributed by atoms with E-state index in [0.29, 0.717) is 18.4 Å². The average molecular weight is 330 g/mol. The molecule has 1 aromatic carbocycles. The number of hydrogen-bond acceptors (Lipinski definition) is 3. The van der Waals surface area contributed by atoms with E-state index in [-0.39, 0.29) is 5.91 Å². The molecule has 3 nitrogen and oxygen atoms in total. The fraction of sp³-hybridized carbons (Fsp3) is 0.462. The molecule has 0 spiro atoms. The van der Waals surface area contributed by atoms with Crippen LogP contribution in [0.4, 0.5) is 0 Å². The summed E-state index contributed by atoms with van der Waals surface area (Å²) in [6.45, 7) is 0.623. The zero-order chi connectivity index (χ0) is 12.8. The van der Waals surface area contributed by atoms with Crippen molar-refractivity contribution in [2.45, 2.75) is 18.9 Å². The van der Waals surface area contributed by atoms with Gasteiger partial charge in [0.25, 0.3) is 0 Å². The minimum absolute atomic E-state index is 0.143. The summed E-state index contributed by atoms with van der Waals surface area (Å²) in [6, 6.07) is 8.22. The van der Waals surface area contributed by atoms with Crippen LogP contribution >= 0.6 is 27.7 Å². The lowest BCUT2D eigenvalue weighted by molar-refractivity contribution is -0.118. The Balaban J connectivity index is 1.54. The van der Waals surface area contributed by atoms with Gasteiger partial charge in [0, 0.05) is 16.3 Å². The van der Waals surface area contributed by atoms with Crippen LogP contribution in [0.25, 0.3) is 0 Å². The van der Waals surface area contributed by atoms with E-state index in [0.717, 1.165) is 28.8 Å². The Morgan fingerprint density at radius 1 is 1.50 bits per heavy atom. The van der Waals surface area contributed by atoms with Gasteiger partial charge >= 0.3 is 0 Å². The molecule has 0 radical (unpaired) electrons. The first kappa shape index (κ1) is 13.7. The van der Waals surface area contributed by atoms with Crippen molar-refractivity contribution < 1.29 is 9.53 Å². The van der Waals surface area contributed by atoms with E-state index in [9.17, 15) is 4.79 Å². The van der Waals surface area contributed by atoms with Gasteiger partial charge in [0.15, 0.2) is 0 Å². The van der Waals surface area contributed by atoms with Crippen molar-refractivity contribution in [3.05, 3.63) is 28.7 Å². The van der Waals surface area contributed by atoms with Crippen molar-refractivity contribution in [1.82, 2.24) is 5.32 Å². The van der Waals surface area contributed by atoms with Crippen molar-refractivity contribution in [1.29, 1.82) is 0 Å². The molecule has 1 aliphatic rings. The van der Waals surface area contributed by atoms with Gasteiger partial charge in [-0.05, 0) is 31.0 Å². The molecule has 1 amide bonds. The molecule has 1 aliphatic carbocycles. The maximum Gasteiger partial charge on any atom is 0.230 e. The fourth-order valence-corrected chi connectivity index (χ4v) is 2.43. The Morgan fingerprint density at radius 3 is 3.06 bits per heavy atom. The first-order chi connectivity index (χ1) is 8.74. The zero-order valence-electron chi connectivity index (χ0n) is 10.0. The summed E-state index contributed by atoms with van der Waals surface area (Å²) in [7, 11) is 0. The summed E-state index contributed by atoms with van der Waals surface area (Å²) in [4.78, 5) is 11.4. The highest BCUT2D eigenvalue weighted by Gasteiger charge is 2.22. The molecule has 0 aliphatic heterocycles. The molecule has 0 heterocycles. The maximum absolute atomic E-state index is 11.4. The lowest BCUT2D eigenvalue weighted by atomic mass is 10.3. The van der Waals surface area contributed by atoms with Crippen LogP contribution in [0.5, 0.6) is 5.75 Å². The molecule has 0 atom stereocenters. The monoisotopic (exact) mass is 329 g/mol. The summed E-state index contributed by atoms with van der Waals surface area (Å²) in [5, 5.41) is 2.96. The number of carbonyl (C=O) groups is 1. The molecule has 98 valence electrons. The zero-order valence-corrected chi connectivity index (χ0v) is 12.4. The van der Waals surface area contributed by atoms with Crippen LogP contribution in [0.3, 0.4) is 0 Å². The Hall–Kier alpha value is -0.680. The Bertz CT molecular complexity index is 410. The third-order valence-electron chi connectivity index (χ3n) is 2.47. The number of carbonyl (C=O) groups excluding carboxylic acids is 1. The molecular formula is C13H16BrNO2S. The third kappa shape index (κ3) is 5.31. The number of thioether (sulfide) groups is 1. The SMILES string of the molecule is O=C(CSCCOc1cccc(Br)c1)NC1CC1. The highest BCUT2D eigenvalue weighted by atomic mass is 79.9. The van der Waals surface area contributed by atoms with E-state index in [1.54, 1.807) is 11.8 Å². The fourth-order valence-electron chi connectivity index (χ4n) is 1.44. The average Bonchev–Trinajstić information content (AvgIpc) is 3.12. The number of nitrogens with one attached hydrogen (secondary N) is 1. The Kier molecular flexibility index (Phi) is 5.38. The summed E-state index contributed by atoms with van der Waals surface area (Å²) in [5.74, 6) is 2.35. The van der Waals surface area contributed by atoms with Gasteiger partial charge < -0.3 is 10.1 Å². The summed E-state index contributed by atoms with van der Waals surface area (Å²) in [6.07, 6.45) is 2.28. The molecule has 0 bridgehead atoms. The van der Waals surface area contributed by atoms with Gasteiger partial charge in [-0.15, -0.1) is 11.8 Å². The minimum Gasteiger partial charge on any atom is -0.493 e. The van der Waals surface area contributed by atoms with Crippen LogP contribution in [-0.4, -0.2) is 30.1 Å². The quantitative estimate of drug-likeness (QED) is 0.782. The van der Waals surface area contributed by atoms with Crippen molar-refractivity contribution in [2.75, 3.05) is 18.1 Å². The van der Waals surface area contributed by atoms with Gasteiger partial charge in [0.1, 0.15) is 5.75 Å². The molecule has 18 heavy (non-hydrogen) atoms. The topological polar surface area (TPSA) is 38.3 Å². The molecule has 1 saturated carbocycles. The molecule has 1 aromatic rings. The van der Waals surface area contributed by atoms with Crippen molar-refractivity contribution in [3.63, 3.8) is 0 Å². The lowest BCUT2D eigenvalue weighted by Gasteiger charge is -2.06. The number of halogens is 1. The maximum atomic E-state index is 11.4. The molecule has 0 unspecified atom stereocenters. The van der Waals surface area contributed by atoms with E-state index in [2.05, 4.69) is 21.2 Å². The van der Waals surface area contributed by atoms with Gasteiger partial charge in [0.05, 0.1) is 12.4 Å². The van der Waals surface area contributed by atoms with E-state index in [4.69, 9.17) is 4.74 Å². The van der Waals surface area contributed by atoms with Gasteiger partial charge in [0.2, 0.25) is 5.91 Å². The predicted octanol–water partition coefficient (Wildman–Crippen LogP) is 2.84. The van der Waals surface area contributed by atoms with Gasteiger partial charge in [-0.2, -0.15) is 0 Å². The van der Waals surface area contributed by atoms with Gasteiger partial charge in [-0.25, -0.2) is 0 Å². The molecular weight excluding hydrogens is 314 g/mol. The normalized spacial score (nSPS) is 14.3. The second kappa shape index (κ2) is 7.04. The lowest BCUT2D eigenvalue weighted by Crippen LogP contribution is -2.27. The number of rotatable bonds is 7. The van der Waals surface area contributed by atoms with Crippen LogP contribution in [-0.2, 0) is 4.79 Å². The molecule has 0 saturated heterocycles. The van der Waals surface area contributed by atoms with Crippen LogP contribution in [0.1, 0.15) is 12.8 Å². The van der Waals surface area contributed by atoms with Crippen molar-refractivity contribution in [3.8, 4) is 5.75 Å². The molecule has 1 fully saturated rings. The van der Waals surface area contributed by atoms with E-state index in [1.165, 1.54) is 0 Å². The van der Waals surface area contributed by atoms with E-state index in [1.807, 2.05) is 24.3 Å². The summed E-state index contributed by atoms with van der Waals surface area (Å²) >= 11 is 5.00. The molecule has 0 aromatic heterocycles. The van der Waals surface area contributed by atoms with E-state index < -0.39 is 0 Å². The molecule has 5 heteroatoms. The smallest absolute Gasteiger partial charge is 0.230 e. The molecule has 1 N–H and O–H groups in total. The molecule has 2 rings (SSSR count). The summed E-state index contributed by atoms with van der Waals surface area (Å²) < 4.78 is 6.59. The Morgan fingerprint density at radius 2 is 2.33 bits per heavy atom. The standard InChI is InChI=1S/C13H16BrNO2S/c14-10-2-1-3-12(8-10)17-6-7-18-9-13(16)15-11-4-5-11/h1-3,8,11H,4-7,9H2,(H,15,16).